The van der Waals surface area contributed by atoms with Crippen molar-refractivity contribution in [2.24, 2.45) is 0 Å². The molecule has 0 fully saturated rings. The quantitative estimate of drug-likeness (QED) is 0.526. The standard InChI is InChI=1S/C8H15NO5/c1-8(2,14)5-9(3-6(10)11)4-7(12)13/h14H,3-5H2,1-2H3,(H,10,11)(H,12,13). The zero-order chi connectivity index (χ0) is 11.4. The predicted molar refractivity (Wildman–Crippen MR) is 48.0 cm³/mol. The molecule has 0 aliphatic carbocycles. The Hall–Kier alpha value is -1.14. The zero-order valence-corrected chi connectivity index (χ0v) is 8.23. The van der Waals surface area contributed by atoms with Gasteiger partial charge in [-0.2, -0.15) is 0 Å². The van der Waals surface area contributed by atoms with Gasteiger partial charge in [0.1, 0.15) is 0 Å². The molecule has 0 aromatic rings. The van der Waals surface area contributed by atoms with E-state index in [1.807, 2.05) is 0 Å². The monoisotopic (exact) mass is 205 g/mol. The lowest BCUT2D eigenvalue weighted by molar-refractivity contribution is -0.142. The molecule has 0 aromatic carbocycles. The molecule has 0 spiro atoms. The first kappa shape index (κ1) is 12.9. The summed E-state index contributed by atoms with van der Waals surface area (Å²) in [6.45, 7) is 2.20. The highest BCUT2D eigenvalue weighted by Gasteiger charge is 2.21. The van der Waals surface area contributed by atoms with E-state index in [1.165, 1.54) is 13.8 Å². The lowest BCUT2D eigenvalue weighted by Crippen LogP contribution is -2.43. The van der Waals surface area contributed by atoms with Crippen LogP contribution >= 0.6 is 0 Å². The van der Waals surface area contributed by atoms with Crippen molar-refractivity contribution in [2.75, 3.05) is 19.6 Å². The average molecular weight is 205 g/mol. The first-order chi connectivity index (χ1) is 6.20. The van der Waals surface area contributed by atoms with Gasteiger partial charge >= 0.3 is 11.9 Å². The lowest BCUT2D eigenvalue weighted by Gasteiger charge is -2.26. The van der Waals surface area contributed by atoms with Crippen LogP contribution in [0.1, 0.15) is 13.8 Å². The SMILES string of the molecule is CC(C)(O)CN(CC(=O)O)CC(=O)O. The van der Waals surface area contributed by atoms with Crippen LogP contribution in [0.4, 0.5) is 0 Å². The summed E-state index contributed by atoms with van der Waals surface area (Å²) < 4.78 is 0. The normalized spacial score (nSPS) is 11.7. The average Bonchev–Trinajstić information content (AvgIpc) is 1.77. The van der Waals surface area contributed by atoms with Gasteiger partial charge in [0.2, 0.25) is 0 Å². The molecule has 0 unspecified atom stereocenters. The Bertz CT molecular complexity index is 204. The van der Waals surface area contributed by atoms with E-state index in [9.17, 15) is 14.7 Å². The van der Waals surface area contributed by atoms with Crippen LogP contribution in [0.25, 0.3) is 0 Å². The van der Waals surface area contributed by atoms with Crippen LogP contribution in [0.3, 0.4) is 0 Å². The second-order valence-corrected chi connectivity index (χ2v) is 3.75. The van der Waals surface area contributed by atoms with E-state index >= 15 is 0 Å². The molecule has 0 saturated heterocycles. The lowest BCUT2D eigenvalue weighted by atomic mass is 10.1. The van der Waals surface area contributed by atoms with E-state index in [-0.39, 0.29) is 6.54 Å². The molecule has 0 amide bonds. The first-order valence-electron chi connectivity index (χ1n) is 4.09. The molecule has 82 valence electrons. The summed E-state index contributed by atoms with van der Waals surface area (Å²) >= 11 is 0. The molecule has 6 heteroatoms. The Kier molecular flexibility index (Phi) is 4.52. The maximum atomic E-state index is 10.4. The van der Waals surface area contributed by atoms with E-state index in [2.05, 4.69) is 0 Å². The highest BCUT2D eigenvalue weighted by molar-refractivity contribution is 5.72. The van der Waals surface area contributed by atoms with Crippen LogP contribution in [0, 0.1) is 0 Å². The molecule has 0 radical (unpaired) electrons. The fraction of sp³-hybridized carbons (Fsp3) is 0.750. The Balaban J connectivity index is 4.24. The van der Waals surface area contributed by atoms with Gasteiger partial charge in [-0.15, -0.1) is 0 Å². The molecular weight excluding hydrogens is 190 g/mol. The molecule has 0 atom stereocenters. The van der Waals surface area contributed by atoms with Gasteiger partial charge in [0.15, 0.2) is 0 Å². The number of carbonyl (C=O) groups is 2. The van der Waals surface area contributed by atoms with Gasteiger partial charge in [-0.25, -0.2) is 0 Å². The minimum absolute atomic E-state index is 0.00556. The van der Waals surface area contributed by atoms with Crippen molar-refractivity contribution in [1.29, 1.82) is 0 Å². The molecule has 0 rings (SSSR count). The summed E-state index contributed by atoms with van der Waals surface area (Å²) in [5.74, 6) is -2.23. The number of rotatable bonds is 6. The van der Waals surface area contributed by atoms with Crippen molar-refractivity contribution >= 4 is 11.9 Å². The van der Waals surface area contributed by atoms with Crippen LogP contribution in [0.5, 0.6) is 0 Å². The Morgan fingerprint density at radius 2 is 1.50 bits per heavy atom. The maximum Gasteiger partial charge on any atom is 0.317 e. The van der Waals surface area contributed by atoms with Gasteiger partial charge in [-0.05, 0) is 13.8 Å². The topological polar surface area (TPSA) is 98.1 Å². The van der Waals surface area contributed by atoms with Gasteiger partial charge in [0.05, 0.1) is 18.7 Å². The van der Waals surface area contributed by atoms with E-state index in [0.29, 0.717) is 0 Å². The molecule has 14 heavy (non-hydrogen) atoms. The van der Waals surface area contributed by atoms with Crippen LogP contribution in [0.2, 0.25) is 0 Å². The number of hydrogen-bond acceptors (Lipinski definition) is 4. The molecule has 0 aromatic heterocycles. The maximum absolute atomic E-state index is 10.4. The van der Waals surface area contributed by atoms with Gasteiger partial charge in [0, 0.05) is 6.54 Å². The van der Waals surface area contributed by atoms with Crippen molar-refractivity contribution in [1.82, 2.24) is 4.90 Å². The summed E-state index contributed by atoms with van der Waals surface area (Å²) in [4.78, 5) is 21.9. The third-order valence-electron chi connectivity index (χ3n) is 1.33. The Labute approximate surface area is 81.8 Å². The summed E-state index contributed by atoms with van der Waals surface area (Å²) in [6.07, 6.45) is 0. The molecule has 0 heterocycles. The minimum Gasteiger partial charge on any atom is -0.480 e. The van der Waals surface area contributed by atoms with Crippen molar-refractivity contribution in [3.63, 3.8) is 0 Å². The highest BCUT2D eigenvalue weighted by atomic mass is 16.4. The second-order valence-electron chi connectivity index (χ2n) is 3.75. The largest absolute Gasteiger partial charge is 0.480 e. The number of carboxylic acids is 2. The van der Waals surface area contributed by atoms with Crippen LogP contribution < -0.4 is 0 Å². The second kappa shape index (κ2) is 4.92. The van der Waals surface area contributed by atoms with E-state index in [0.717, 1.165) is 4.90 Å². The molecule has 0 aliphatic rings. The number of hydrogen-bond donors (Lipinski definition) is 3. The number of aliphatic hydroxyl groups is 1. The summed E-state index contributed by atoms with van der Waals surface area (Å²) in [6, 6.07) is 0. The van der Waals surface area contributed by atoms with Gasteiger partial charge in [-0.1, -0.05) is 0 Å². The van der Waals surface area contributed by atoms with Crippen molar-refractivity contribution < 1.29 is 24.9 Å². The third-order valence-corrected chi connectivity index (χ3v) is 1.33. The zero-order valence-electron chi connectivity index (χ0n) is 8.23. The number of aliphatic carboxylic acids is 2. The summed E-state index contributed by atoms with van der Waals surface area (Å²) in [7, 11) is 0. The molecule has 0 saturated carbocycles. The third kappa shape index (κ3) is 7.51. The van der Waals surface area contributed by atoms with E-state index < -0.39 is 30.6 Å². The van der Waals surface area contributed by atoms with Gasteiger partial charge in [-0.3, -0.25) is 14.5 Å². The Morgan fingerprint density at radius 3 is 1.71 bits per heavy atom. The van der Waals surface area contributed by atoms with Crippen molar-refractivity contribution in [3.05, 3.63) is 0 Å². The number of carboxylic acid groups (broad SMARTS) is 2. The summed E-state index contributed by atoms with van der Waals surface area (Å²) in [5.41, 5.74) is -1.11. The van der Waals surface area contributed by atoms with Crippen LogP contribution in [-0.4, -0.2) is 57.4 Å². The van der Waals surface area contributed by atoms with Gasteiger partial charge in [0.25, 0.3) is 0 Å². The first-order valence-corrected chi connectivity index (χ1v) is 4.09. The molecule has 0 aliphatic heterocycles. The Morgan fingerprint density at radius 1 is 1.14 bits per heavy atom. The van der Waals surface area contributed by atoms with Crippen molar-refractivity contribution in [2.45, 2.75) is 19.4 Å². The molecule has 3 N–H and O–H groups in total. The predicted octanol–water partition coefficient (Wildman–Crippen LogP) is -0.771. The van der Waals surface area contributed by atoms with Gasteiger partial charge < -0.3 is 15.3 Å². The number of nitrogens with zero attached hydrogens (tertiary/aromatic N) is 1. The minimum atomic E-state index is -1.12. The smallest absolute Gasteiger partial charge is 0.317 e. The molecule has 0 bridgehead atoms. The highest BCUT2D eigenvalue weighted by Crippen LogP contribution is 2.04. The van der Waals surface area contributed by atoms with Crippen LogP contribution in [-0.2, 0) is 9.59 Å². The van der Waals surface area contributed by atoms with Crippen LogP contribution in [0.15, 0.2) is 0 Å². The molecular formula is C8H15NO5. The fourth-order valence-electron chi connectivity index (χ4n) is 1.10. The summed E-state index contributed by atoms with van der Waals surface area (Å²) in [5, 5.41) is 26.3. The van der Waals surface area contributed by atoms with E-state index in [4.69, 9.17) is 10.2 Å². The molecule has 6 nitrogen and oxygen atoms in total. The fourth-order valence-corrected chi connectivity index (χ4v) is 1.10. The van der Waals surface area contributed by atoms with E-state index in [1.54, 1.807) is 0 Å². The van der Waals surface area contributed by atoms with Crippen molar-refractivity contribution in [3.8, 4) is 0 Å².